The van der Waals surface area contributed by atoms with Crippen molar-refractivity contribution in [2.45, 2.75) is 25.7 Å². The van der Waals surface area contributed by atoms with E-state index >= 15 is 0 Å². The molecule has 2 fully saturated rings. The maximum Gasteiger partial charge on any atom is 0.158 e. The van der Waals surface area contributed by atoms with Crippen LogP contribution in [0.1, 0.15) is 31.4 Å². The SMILES string of the molecule is N#Cc1cnc(N(CC2CC2)CC2CC2)cn1. The first kappa shape index (κ1) is 10.5. The lowest BCUT2D eigenvalue weighted by Gasteiger charge is -2.23. The van der Waals surface area contributed by atoms with Gasteiger partial charge in [0.25, 0.3) is 0 Å². The minimum atomic E-state index is 0.395. The monoisotopic (exact) mass is 228 g/mol. The van der Waals surface area contributed by atoms with Crippen molar-refractivity contribution in [3.63, 3.8) is 0 Å². The molecular weight excluding hydrogens is 212 g/mol. The first-order valence-electron chi connectivity index (χ1n) is 6.32. The summed E-state index contributed by atoms with van der Waals surface area (Å²) in [5, 5.41) is 8.71. The number of rotatable bonds is 5. The van der Waals surface area contributed by atoms with Gasteiger partial charge in [0.05, 0.1) is 12.4 Å². The van der Waals surface area contributed by atoms with E-state index in [-0.39, 0.29) is 0 Å². The molecule has 0 unspecified atom stereocenters. The van der Waals surface area contributed by atoms with E-state index in [0.29, 0.717) is 5.69 Å². The highest BCUT2D eigenvalue weighted by Crippen LogP contribution is 2.35. The molecule has 0 aliphatic heterocycles. The van der Waals surface area contributed by atoms with Crippen molar-refractivity contribution in [2.24, 2.45) is 11.8 Å². The van der Waals surface area contributed by atoms with Crippen LogP contribution in [0.2, 0.25) is 0 Å². The van der Waals surface area contributed by atoms with Gasteiger partial charge in [-0.15, -0.1) is 0 Å². The second kappa shape index (κ2) is 4.33. The standard InChI is InChI=1S/C13H16N4/c14-5-12-6-16-13(7-15-12)17(8-10-1-2-10)9-11-3-4-11/h6-7,10-11H,1-4,8-9H2. The van der Waals surface area contributed by atoms with E-state index in [2.05, 4.69) is 14.9 Å². The summed E-state index contributed by atoms with van der Waals surface area (Å²) in [7, 11) is 0. The maximum absolute atomic E-state index is 8.71. The summed E-state index contributed by atoms with van der Waals surface area (Å²) in [6, 6.07) is 2.01. The van der Waals surface area contributed by atoms with Crippen molar-refractivity contribution in [1.82, 2.24) is 9.97 Å². The molecule has 1 aromatic rings. The smallest absolute Gasteiger partial charge is 0.158 e. The summed E-state index contributed by atoms with van der Waals surface area (Å²) in [6.07, 6.45) is 8.72. The first-order chi connectivity index (χ1) is 8.35. The van der Waals surface area contributed by atoms with Gasteiger partial charge in [0.2, 0.25) is 0 Å². The minimum Gasteiger partial charge on any atom is -0.355 e. The Morgan fingerprint density at radius 1 is 1.12 bits per heavy atom. The van der Waals surface area contributed by atoms with E-state index < -0.39 is 0 Å². The molecular formula is C13H16N4. The van der Waals surface area contributed by atoms with Crippen molar-refractivity contribution < 1.29 is 0 Å². The molecule has 4 heteroatoms. The van der Waals surface area contributed by atoms with Gasteiger partial charge in [0.1, 0.15) is 11.9 Å². The highest BCUT2D eigenvalue weighted by atomic mass is 15.2. The molecule has 0 N–H and O–H groups in total. The Labute approximate surface area is 101 Å². The average Bonchev–Trinajstić information content (AvgIpc) is 3.23. The highest BCUT2D eigenvalue weighted by Gasteiger charge is 2.29. The molecule has 2 aliphatic carbocycles. The topological polar surface area (TPSA) is 52.8 Å². The fourth-order valence-corrected chi connectivity index (χ4v) is 2.03. The average molecular weight is 228 g/mol. The van der Waals surface area contributed by atoms with E-state index in [0.717, 1.165) is 30.7 Å². The summed E-state index contributed by atoms with van der Waals surface area (Å²) < 4.78 is 0. The normalized spacial score (nSPS) is 18.8. The van der Waals surface area contributed by atoms with Crippen molar-refractivity contribution in [3.05, 3.63) is 18.1 Å². The zero-order valence-corrected chi connectivity index (χ0v) is 9.84. The fourth-order valence-electron chi connectivity index (χ4n) is 2.03. The van der Waals surface area contributed by atoms with Gasteiger partial charge in [-0.3, -0.25) is 0 Å². The molecule has 2 aliphatic rings. The van der Waals surface area contributed by atoms with E-state index in [9.17, 15) is 0 Å². The Hall–Kier alpha value is -1.63. The number of anilines is 1. The van der Waals surface area contributed by atoms with Crippen LogP contribution in [-0.2, 0) is 0 Å². The molecule has 1 heterocycles. The summed E-state index contributed by atoms with van der Waals surface area (Å²) >= 11 is 0. The van der Waals surface area contributed by atoms with Gasteiger partial charge < -0.3 is 4.90 Å². The van der Waals surface area contributed by atoms with Crippen molar-refractivity contribution in [2.75, 3.05) is 18.0 Å². The van der Waals surface area contributed by atoms with Gasteiger partial charge in [-0.2, -0.15) is 5.26 Å². The number of hydrogen-bond donors (Lipinski definition) is 0. The number of aromatic nitrogens is 2. The molecule has 88 valence electrons. The van der Waals surface area contributed by atoms with Gasteiger partial charge in [-0.05, 0) is 37.5 Å². The lowest BCUT2D eigenvalue weighted by Crippen LogP contribution is -2.29. The Balaban J connectivity index is 1.72. The lowest BCUT2D eigenvalue weighted by atomic mass is 10.3. The Kier molecular flexibility index (Phi) is 2.68. The van der Waals surface area contributed by atoms with Crippen LogP contribution in [0.15, 0.2) is 12.4 Å². The van der Waals surface area contributed by atoms with Crippen LogP contribution in [0.25, 0.3) is 0 Å². The van der Waals surface area contributed by atoms with Crippen LogP contribution in [0.4, 0.5) is 5.82 Å². The van der Waals surface area contributed by atoms with Crippen molar-refractivity contribution in [3.8, 4) is 6.07 Å². The molecule has 0 saturated heterocycles. The van der Waals surface area contributed by atoms with Crippen LogP contribution in [-0.4, -0.2) is 23.1 Å². The largest absolute Gasteiger partial charge is 0.355 e. The Morgan fingerprint density at radius 3 is 2.18 bits per heavy atom. The predicted octanol–water partition coefficient (Wildman–Crippen LogP) is 1.97. The van der Waals surface area contributed by atoms with Gasteiger partial charge in [-0.1, -0.05) is 0 Å². The second-order valence-corrected chi connectivity index (χ2v) is 5.16. The molecule has 3 rings (SSSR count). The maximum atomic E-state index is 8.71. The van der Waals surface area contributed by atoms with Gasteiger partial charge in [0, 0.05) is 13.1 Å². The third-order valence-electron chi connectivity index (χ3n) is 3.43. The van der Waals surface area contributed by atoms with Crippen LogP contribution in [0.5, 0.6) is 0 Å². The molecule has 0 spiro atoms. The molecule has 4 nitrogen and oxygen atoms in total. The highest BCUT2D eigenvalue weighted by molar-refractivity contribution is 5.38. The Bertz CT molecular complexity index is 412. The Morgan fingerprint density at radius 2 is 1.76 bits per heavy atom. The molecule has 0 radical (unpaired) electrons. The quantitative estimate of drug-likeness (QED) is 0.773. The first-order valence-corrected chi connectivity index (χ1v) is 6.32. The minimum absolute atomic E-state index is 0.395. The van der Waals surface area contributed by atoms with Crippen LogP contribution >= 0.6 is 0 Å². The summed E-state index contributed by atoms with van der Waals surface area (Å²) in [6.45, 7) is 2.22. The zero-order chi connectivity index (χ0) is 11.7. The number of hydrogen-bond acceptors (Lipinski definition) is 4. The summed E-state index contributed by atoms with van der Waals surface area (Å²) in [5.41, 5.74) is 0.395. The number of nitriles is 1. The molecule has 1 aromatic heterocycles. The third-order valence-corrected chi connectivity index (χ3v) is 3.43. The fraction of sp³-hybridized carbons (Fsp3) is 0.615. The second-order valence-electron chi connectivity index (χ2n) is 5.16. The molecule has 0 aromatic carbocycles. The summed E-state index contributed by atoms with van der Waals surface area (Å²) in [5.74, 6) is 2.64. The molecule has 0 amide bonds. The van der Waals surface area contributed by atoms with E-state index in [1.807, 2.05) is 6.07 Å². The molecule has 0 bridgehead atoms. The van der Waals surface area contributed by atoms with E-state index in [1.54, 1.807) is 12.4 Å². The van der Waals surface area contributed by atoms with Crippen LogP contribution in [0, 0.1) is 23.2 Å². The van der Waals surface area contributed by atoms with Gasteiger partial charge >= 0.3 is 0 Å². The summed E-state index contributed by atoms with van der Waals surface area (Å²) in [4.78, 5) is 10.8. The van der Waals surface area contributed by atoms with E-state index in [4.69, 9.17) is 5.26 Å². The van der Waals surface area contributed by atoms with Gasteiger partial charge in [-0.25, -0.2) is 9.97 Å². The lowest BCUT2D eigenvalue weighted by molar-refractivity contribution is 0.670. The molecule has 17 heavy (non-hydrogen) atoms. The molecule has 2 saturated carbocycles. The number of nitrogens with zero attached hydrogens (tertiary/aromatic N) is 4. The van der Waals surface area contributed by atoms with Crippen molar-refractivity contribution >= 4 is 5.82 Å². The molecule has 0 atom stereocenters. The predicted molar refractivity (Wildman–Crippen MR) is 64.4 cm³/mol. The zero-order valence-electron chi connectivity index (χ0n) is 9.84. The van der Waals surface area contributed by atoms with Crippen LogP contribution < -0.4 is 4.90 Å². The third kappa shape index (κ3) is 2.73. The van der Waals surface area contributed by atoms with Gasteiger partial charge in [0.15, 0.2) is 5.69 Å². The van der Waals surface area contributed by atoms with E-state index in [1.165, 1.54) is 25.7 Å². The van der Waals surface area contributed by atoms with Crippen molar-refractivity contribution in [1.29, 1.82) is 5.26 Å². The van der Waals surface area contributed by atoms with Crippen LogP contribution in [0.3, 0.4) is 0 Å².